The van der Waals surface area contributed by atoms with Crippen LogP contribution in [0.4, 0.5) is 0 Å². The van der Waals surface area contributed by atoms with Crippen molar-refractivity contribution in [1.82, 2.24) is 9.80 Å². The van der Waals surface area contributed by atoms with E-state index in [-0.39, 0.29) is 30.1 Å². The Morgan fingerprint density at radius 2 is 1.83 bits per heavy atom. The molecule has 5 nitrogen and oxygen atoms in total. The van der Waals surface area contributed by atoms with E-state index < -0.39 is 0 Å². The molecule has 1 aliphatic rings. The maximum Gasteiger partial charge on any atom is 0.253 e. The lowest BCUT2D eigenvalue weighted by atomic mass is 10.1. The van der Waals surface area contributed by atoms with Crippen LogP contribution in [0.25, 0.3) is 0 Å². The summed E-state index contributed by atoms with van der Waals surface area (Å²) in [4.78, 5) is 28.5. The summed E-state index contributed by atoms with van der Waals surface area (Å²) in [6.45, 7) is 6.74. The van der Waals surface area contributed by atoms with Crippen molar-refractivity contribution < 1.29 is 9.59 Å². The van der Waals surface area contributed by atoms with Gasteiger partial charge in [0.2, 0.25) is 5.91 Å². The monoisotopic (exact) mass is 339 g/mol. The molecule has 0 aromatic heterocycles. The highest BCUT2D eigenvalue weighted by atomic mass is 35.5. The third-order valence-electron chi connectivity index (χ3n) is 4.13. The second kappa shape index (κ2) is 8.89. The number of aryl methyl sites for hydroxylation is 1. The van der Waals surface area contributed by atoms with Crippen molar-refractivity contribution in [2.24, 2.45) is 11.7 Å². The average molecular weight is 340 g/mol. The number of carbonyl (C=O) groups is 2. The summed E-state index contributed by atoms with van der Waals surface area (Å²) in [5, 5.41) is 0. The summed E-state index contributed by atoms with van der Waals surface area (Å²) in [6, 6.07) is 7.64. The Bertz CT molecular complexity index is 550. The van der Waals surface area contributed by atoms with E-state index in [1.165, 1.54) is 0 Å². The Labute approximate surface area is 144 Å². The molecule has 128 valence electrons. The first kappa shape index (κ1) is 19.5. The molecule has 6 heteroatoms. The lowest BCUT2D eigenvalue weighted by molar-refractivity contribution is -0.134. The number of nitrogens with zero attached hydrogens (tertiary/aromatic N) is 2. The van der Waals surface area contributed by atoms with Gasteiger partial charge in [-0.3, -0.25) is 9.59 Å². The third kappa shape index (κ3) is 4.94. The second-order valence-corrected chi connectivity index (χ2v) is 5.98. The molecule has 23 heavy (non-hydrogen) atoms. The largest absolute Gasteiger partial charge is 0.341 e. The minimum atomic E-state index is -0.154. The van der Waals surface area contributed by atoms with Crippen LogP contribution in [0, 0.1) is 12.8 Å². The molecular weight excluding hydrogens is 314 g/mol. The number of halogens is 1. The molecule has 1 unspecified atom stereocenters. The molecule has 1 aromatic rings. The number of amides is 2. The lowest BCUT2D eigenvalue weighted by Crippen LogP contribution is -2.41. The number of nitrogens with two attached hydrogens (primary N) is 1. The number of benzene rings is 1. The first-order chi connectivity index (χ1) is 10.5. The molecule has 1 atom stereocenters. The summed E-state index contributed by atoms with van der Waals surface area (Å²) in [6.07, 6.45) is 0.806. The first-order valence-corrected chi connectivity index (χ1v) is 7.87. The summed E-state index contributed by atoms with van der Waals surface area (Å²) in [5.41, 5.74) is 7.37. The van der Waals surface area contributed by atoms with Gasteiger partial charge in [0.25, 0.3) is 5.91 Å². The Morgan fingerprint density at radius 3 is 2.48 bits per heavy atom. The Balaban J connectivity index is 0.00000264. The van der Waals surface area contributed by atoms with Crippen LogP contribution in [-0.4, -0.2) is 54.3 Å². The maximum absolute atomic E-state index is 12.6. The summed E-state index contributed by atoms with van der Waals surface area (Å²) in [5.74, 6) is -0.0174. The zero-order valence-electron chi connectivity index (χ0n) is 13.8. The van der Waals surface area contributed by atoms with Crippen LogP contribution in [0.5, 0.6) is 0 Å². The molecule has 2 rings (SSSR count). The van der Waals surface area contributed by atoms with Gasteiger partial charge >= 0.3 is 0 Å². The zero-order valence-corrected chi connectivity index (χ0v) is 14.6. The summed E-state index contributed by atoms with van der Waals surface area (Å²) < 4.78 is 0. The molecule has 2 amide bonds. The van der Waals surface area contributed by atoms with Crippen molar-refractivity contribution in [3.8, 4) is 0 Å². The van der Waals surface area contributed by atoms with E-state index in [0.717, 1.165) is 17.5 Å². The van der Waals surface area contributed by atoms with Gasteiger partial charge in [0.15, 0.2) is 0 Å². The highest BCUT2D eigenvalue weighted by Gasteiger charge is 2.24. The predicted octanol–water partition coefficient (Wildman–Crippen LogP) is 1.69. The number of rotatable bonds is 3. The van der Waals surface area contributed by atoms with Gasteiger partial charge in [-0.25, -0.2) is 0 Å². The quantitative estimate of drug-likeness (QED) is 0.911. The van der Waals surface area contributed by atoms with Gasteiger partial charge in [0.05, 0.1) is 0 Å². The molecule has 1 fully saturated rings. The molecule has 0 bridgehead atoms. The highest BCUT2D eigenvalue weighted by Crippen LogP contribution is 2.12. The van der Waals surface area contributed by atoms with Crippen LogP contribution in [-0.2, 0) is 4.79 Å². The van der Waals surface area contributed by atoms with Crippen LogP contribution in [0.2, 0.25) is 0 Å². The zero-order chi connectivity index (χ0) is 16.1. The van der Waals surface area contributed by atoms with Crippen LogP contribution < -0.4 is 5.73 Å². The van der Waals surface area contributed by atoms with E-state index in [9.17, 15) is 9.59 Å². The molecule has 1 aromatic carbocycles. The van der Waals surface area contributed by atoms with Gasteiger partial charge in [-0.2, -0.15) is 0 Å². The van der Waals surface area contributed by atoms with E-state index in [1.807, 2.05) is 47.9 Å². The van der Waals surface area contributed by atoms with Gasteiger partial charge in [-0.05, 0) is 25.5 Å². The van der Waals surface area contributed by atoms with E-state index in [4.69, 9.17) is 5.73 Å². The smallest absolute Gasteiger partial charge is 0.253 e. The van der Waals surface area contributed by atoms with E-state index in [0.29, 0.717) is 32.7 Å². The van der Waals surface area contributed by atoms with Gasteiger partial charge < -0.3 is 15.5 Å². The number of hydrogen-bond acceptors (Lipinski definition) is 3. The fourth-order valence-electron chi connectivity index (χ4n) is 2.71. The minimum Gasteiger partial charge on any atom is -0.341 e. The highest BCUT2D eigenvalue weighted by molar-refractivity contribution is 5.94. The van der Waals surface area contributed by atoms with Crippen molar-refractivity contribution in [2.75, 3.05) is 32.7 Å². The molecule has 0 aliphatic carbocycles. The van der Waals surface area contributed by atoms with Crippen molar-refractivity contribution >= 4 is 24.2 Å². The topological polar surface area (TPSA) is 66.6 Å². The van der Waals surface area contributed by atoms with Crippen molar-refractivity contribution in [1.29, 1.82) is 0 Å². The number of hydrogen-bond donors (Lipinski definition) is 1. The Kier molecular flexibility index (Phi) is 7.52. The van der Waals surface area contributed by atoms with E-state index >= 15 is 0 Å². The third-order valence-corrected chi connectivity index (χ3v) is 4.13. The number of carbonyl (C=O) groups excluding carboxylic acids is 2. The van der Waals surface area contributed by atoms with E-state index in [1.54, 1.807) is 0 Å². The fourth-order valence-corrected chi connectivity index (χ4v) is 2.71. The summed E-state index contributed by atoms with van der Waals surface area (Å²) in [7, 11) is 0. The molecule has 0 radical (unpaired) electrons. The SMILES string of the molecule is Cc1cccc(C(=O)N2CCCN(C(=O)C(C)CN)CC2)c1.Cl. The van der Waals surface area contributed by atoms with Gasteiger partial charge in [-0.15, -0.1) is 12.4 Å². The Hall–Kier alpha value is -1.59. The molecule has 0 spiro atoms. The van der Waals surface area contributed by atoms with Crippen molar-refractivity contribution in [3.63, 3.8) is 0 Å². The van der Waals surface area contributed by atoms with Crippen LogP contribution >= 0.6 is 12.4 Å². The molecule has 2 N–H and O–H groups in total. The summed E-state index contributed by atoms with van der Waals surface area (Å²) >= 11 is 0. The van der Waals surface area contributed by atoms with Crippen molar-refractivity contribution in [3.05, 3.63) is 35.4 Å². The normalized spacial score (nSPS) is 16.3. The van der Waals surface area contributed by atoms with Crippen LogP contribution in [0.1, 0.15) is 29.3 Å². The average Bonchev–Trinajstić information content (AvgIpc) is 2.78. The minimum absolute atomic E-state index is 0. The maximum atomic E-state index is 12.6. The van der Waals surface area contributed by atoms with Gasteiger partial charge in [0, 0.05) is 44.2 Å². The van der Waals surface area contributed by atoms with E-state index in [2.05, 4.69) is 0 Å². The standard InChI is InChI=1S/C17H25N3O2.ClH/c1-13-5-3-6-15(11-13)17(22)20-8-4-7-19(9-10-20)16(21)14(2)12-18;/h3,5-6,11,14H,4,7-10,12,18H2,1-2H3;1H. The van der Waals surface area contributed by atoms with Crippen LogP contribution in [0.3, 0.4) is 0 Å². The van der Waals surface area contributed by atoms with Crippen LogP contribution in [0.15, 0.2) is 24.3 Å². The van der Waals surface area contributed by atoms with Gasteiger partial charge in [-0.1, -0.05) is 24.6 Å². The molecule has 1 heterocycles. The first-order valence-electron chi connectivity index (χ1n) is 7.87. The Morgan fingerprint density at radius 1 is 1.17 bits per heavy atom. The van der Waals surface area contributed by atoms with Gasteiger partial charge in [0.1, 0.15) is 0 Å². The molecule has 1 aliphatic heterocycles. The molecule has 1 saturated heterocycles. The molecular formula is C17H26ClN3O2. The molecule has 0 saturated carbocycles. The lowest BCUT2D eigenvalue weighted by Gasteiger charge is -2.24. The van der Waals surface area contributed by atoms with Crippen molar-refractivity contribution in [2.45, 2.75) is 20.3 Å². The second-order valence-electron chi connectivity index (χ2n) is 5.98. The predicted molar refractivity (Wildman–Crippen MR) is 93.7 cm³/mol. The fraction of sp³-hybridized carbons (Fsp3) is 0.529.